The number of hydrogen-bond donors (Lipinski definition) is 2. The summed E-state index contributed by atoms with van der Waals surface area (Å²) < 4.78 is 24.1. The van der Waals surface area contributed by atoms with Gasteiger partial charge in [-0.3, -0.25) is 20.4 Å². The zero-order chi connectivity index (χ0) is 20.0. The molecule has 144 valence electrons. The monoisotopic (exact) mass is 426 g/mol. The topological polar surface area (TPSA) is 92.3 Å². The minimum Gasteiger partial charge on any atom is -0.272 e. The summed E-state index contributed by atoms with van der Waals surface area (Å²) >= 11 is 7.10. The van der Waals surface area contributed by atoms with Crippen LogP contribution in [0.1, 0.15) is 24.2 Å². The van der Waals surface area contributed by atoms with Crippen LogP contribution in [0.2, 0.25) is 5.02 Å². The number of rotatable bonds is 6. The second-order valence-electron chi connectivity index (χ2n) is 5.86. The van der Waals surface area contributed by atoms with Crippen LogP contribution in [-0.2, 0) is 14.6 Å². The van der Waals surface area contributed by atoms with Crippen molar-refractivity contribution in [3.8, 4) is 0 Å². The third-order valence-corrected chi connectivity index (χ3v) is 7.00. The van der Waals surface area contributed by atoms with Crippen LogP contribution >= 0.6 is 23.4 Å². The summed E-state index contributed by atoms with van der Waals surface area (Å²) in [6, 6.07) is 12.6. The Morgan fingerprint density at radius 3 is 2.15 bits per heavy atom. The number of hydrogen-bond acceptors (Lipinski definition) is 5. The summed E-state index contributed by atoms with van der Waals surface area (Å²) in [5.74, 6) is -0.788. The van der Waals surface area contributed by atoms with E-state index >= 15 is 0 Å². The van der Waals surface area contributed by atoms with Gasteiger partial charge in [0, 0.05) is 15.5 Å². The molecule has 0 saturated heterocycles. The van der Waals surface area contributed by atoms with Crippen molar-refractivity contribution in [2.24, 2.45) is 0 Å². The van der Waals surface area contributed by atoms with Crippen molar-refractivity contribution in [3.63, 3.8) is 0 Å². The number of thioether (sulfide) groups is 1. The Kier molecular flexibility index (Phi) is 7.29. The molecule has 0 atom stereocenters. The number of nitrogens with one attached hydrogen (secondary N) is 2. The number of carbonyl (C=O) groups excluding carboxylic acids is 2. The molecule has 0 aliphatic rings. The van der Waals surface area contributed by atoms with Gasteiger partial charge in [0.15, 0.2) is 9.84 Å². The van der Waals surface area contributed by atoms with Gasteiger partial charge in [0.2, 0.25) is 5.91 Å². The molecule has 0 aromatic heterocycles. The molecule has 2 aromatic rings. The first-order chi connectivity index (χ1) is 12.7. The lowest BCUT2D eigenvalue weighted by Gasteiger charge is -2.10. The molecule has 0 spiro atoms. The summed E-state index contributed by atoms with van der Waals surface area (Å²) in [5.41, 5.74) is 4.86. The van der Waals surface area contributed by atoms with E-state index in [-0.39, 0.29) is 22.1 Å². The highest BCUT2D eigenvalue weighted by Gasteiger charge is 2.19. The molecular formula is C18H19ClN2O4S2. The fourth-order valence-electron chi connectivity index (χ4n) is 1.98. The molecule has 0 aliphatic heterocycles. The number of carbonyl (C=O) groups is 2. The van der Waals surface area contributed by atoms with Crippen molar-refractivity contribution in [3.05, 3.63) is 59.1 Å². The summed E-state index contributed by atoms with van der Waals surface area (Å²) in [5, 5.41) is 0.0675. The summed E-state index contributed by atoms with van der Waals surface area (Å²) in [7, 11) is -3.39. The molecule has 2 amide bonds. The van der Waals surface area contributed by atoms with Crippen molar-refractivity contribution < 1.29 is 18.0 Å². The Morgan fingerprint density at radius 1 is 1.00 bits per heavy atom. The van der Waals surface area contributed by atoms with Gasteiger partial charge in [-0.25, -0.2) is 8.42 Å². The van der Waals surface area contributed by atoms with E-state index in [1.54, 1.807) is 38.1 Å². The van der Waals surface area contributed by atoms with E-state index in [1.165, 1.54) is 36.0 Å². The normalized spacial score (nSPS) is 11.3. The predicted octanol–water partition coefficient (Wildman–Crippen LogP) is 3.08. The standard InChI is InChI=1S/C18H19ClN2O4S2/c1-12(2)27(24,25)16-9-3-13(4-10-16)18(23)21-20-17(22)11-26-15-7-5-14(19)6-8-15/h3-10,12H,11H2,1-2H3,(H,20,22)(H,21,23). The van der Waals surface area contributed by atoms with Crippen LogP contribution in [0.5, 0.6) is 0 Å². The second-order valence-corrected chi connectivity index (χ2v) is 9.85. The molecule has 0 radical (unpaired) electrons. The molecule has 6 nitrogen and oxygen atoms in total. The van der Waals surface area contributed by atoms with Crippen LogP contribution in [0, 0.1) is 0 Å². The molecular weight excluding hydrogens is 408 g/mol. The van der Waals surface area contributed by atoms with Gasteiger partial charge >= 0.3 is 0 Å². The van der Waals surface area contributed by atoms with Gasteiger partial charge in [-0.15, -0.1) is 11.8 Å². The molecule has 2 N–H and O–H groups in total. The fraction of sp³-hybridized carbons (Fsp3) is 0.222. The zero-order valence-electron chi connectivity index (χ0n) is 14.7. The fourth-order valence-corrected chi connectivity index (χ4v) is 3.87. The van der Waals surface area contributed by atoms with Crippen molar-refractivity contribution in [2.75, 3.05) is 5.75 Å². The lowest BCUT2D eigenvalue weighted by Crippen LogP contribution is -2.42. The summed E-state index contributed by atoms with van der Waals surface area (Å²) in [6.07, 6.45) is 0. The molecule has 0 bridgehead atoms. The second kappa shape index (κ2) is 9.25. The largest absolute Gasteiger partial charge is 0.272 e. The maximum atomic E-state index is 12.1. The Morgan fingerprint density at radius 2 is 1.59 bits per heavy atom. The summed E-state index contributed by atoms with van der Waals surface area (Å²) in [6.45, 7) is 3.18. The van der Waals surface area contributed by atoms with Crippen molar-refractivity contribution >= 4 is 45.0 Å². The lowest BCUT2D eigenvalue weighted by atomic mass is 10.2. The Bertz CT molecular complexity index is 911. The zero-order valence-corrected chi connectivity index (χ0v) is 17.1. The van der Waals surface area contributed by atoms with Gasteiger partial charge < -0.3 is 0 Å². The van der Waals surface area contributed by atoms with Gasteiger partial charge in [0.05, 0.1) is 15.9 Å². The highest BCUT2D eigenvalue weighted by atomic mass is 35.5. The number of halogens is 1. The van der Waals surface area contributed by atoms with Gasteiger partial charge in [-0.05, 0) is 62.4 Å². The first-order valence-corrected chi connectivity index (χ1v) is 10.9. The molecule has 2 aromatic carbocycles. The van der Waals surface area contributed by atoms with E-state index in [2.05, 4.69) is 10.9 Å². The molecule has 2 rings (SSSR count). The number of benzene rings is 2. The third kappa shape index (κ3) is 5.98. The minimum absolute atomic E-state index is 0.119. The highest BCUT2D eigenvalue weighted by Crippen LogP contribution is 2.20. The van der Waals surface area contributed by atoms with Gasteiger partial charge in [-0.2, -0.15) is 0 Å². The molecule has 0 heterocycles. The SMILES string of the molecule is CC(C)S(=O)(=O)c1ccc(C(=O)NNC(=O)CSc2ccc(Cl)cc2)cc1. The number of hydrazine groups is 1. The number of sulfone groups is 1. The average molecular weight is 427 g/mol. The molecule has 0 saturated carbocycles. The maximum Gasteiger partial charge on any atom is 0.269 e. The van der Waals surface area contributed by atoms with E-state index in [4.69, 9.17) is 11.6 Å². The van der Waals surface area contributed by atoms with Gasteiger partial charge in [0.25, 0.3) is 5.91 Å². The predicted molar refractivity (Wildman–Crippen MR) is 107 cm³/mol. The van der Waals surface area contributed by atoms with Crippen LogP contribution in [0.4, 0.5) is 0 Å². The molecule has 0 fully saturated rings. The van der Waals surface area contributed by atoms with E-state index in [9.17, 15) is 18.0 Å². The minimum atomic E-state index is -3.39. The molecule has 27 heavy (non-hydrogen) atoms. The molecule has 9 heteroatoms. The van der Waals surface area contributed by atoms with E-state index in [1.807, 2.05) is 0 Å². The smallest absolute Gasteiger partial charge is 0.269 e. The van der Waals surface area contributed by atoms with E-state index in [0.717, 1.165) is 4.90 Å². The van der Waals surface area contributed by atoms with Crippen molar-refractivity contribution in [1.82, 2.24) is 10.9 Å². The van der Waals surface area contributed by atoms with Crippen LogP contribution in [0.3, 0.4) is 0 Å². The molecule has 0 aliphatic carbocycles. The maximum absolute atomic E-state index is 12.1. The average Bonchev–Trinajstić information content (AvgIpc) is 2.65. The Balaban J connectivity index is 1.86. The number of amides is 2. The van der Waals surface area contributed by atoms with Crippen LogP contribution in [-0.4, -0.2) is 31.2 Å². The summed E-state index contributed by atoms with van der Waals surface area (Å²) in [4.78, 5) is 24.9. The lowest BCUT2D eigenvalue weighted by molar-refractivity contribution is -0.119. The van der Waals surface area contributed by atoms with E-state index < -0.39 is 21.0 Å². The first-order valence-electron chi connectivity index (χ1n) is 8.01. The van der Waals surface area contributed by atoms with Crippen molar-refractivity contribution in [1.29, 1.82) is 0 Å². The molecule has 0 unspecified atom stereocenters. The quantitative estimate of drug-likeness (QED) is 0.547. The van der Waals surface area contributed by atoms with Gasteiger partial charge in [0.1, 0.15) is 0 Å². The van der Waals surface area contributed by atoms with E-state index in [0.29, 0.717) is 5.02 Å². The van der Waals surface area contributed by atoms with Gasteiger partial charge in [-0.1, -0.05) is 11.6 Å². The highest BCUT2D eigenvalue weighted by molar-refractivity contribution is 8.00. The van der Waals surface area contributed by atoms with Crippen LogP contribution in [0.25, 0.3) is 0 Å². The van der Waals surface area contributed by atoms with Crippen molar-refractivity contribution in [2.45, 2.75) is 28.9 Å². The Hall–Kier alpha value is -2.03. The first kappa shape index (κ1) is 21.3. The Labute approximate surface area is 167 Å². The van der Waals surface area contributed by atoms with Crippen LogP contribution in [0.15, 0.2) is 58.3 Å². The third-order valence-electron chi connectivity index (χ3n) is 3.56. The van der Waals surface area contributed by atoms with Crippen LogP contribution < -0.4 is 10.9 Å².